The Morgan fingerprint density at radius 2 is 1.81 bits per heavy atom. The number of amides is 1. The number of fused-ring (bicyclic) bond motifs is 2. The molecule has 6 rings (SSSR count). The summed E-state index contributed by atoms with van der Waals surface area (Å²) in [5, 5.41) is 14.3. The minimum absolute atomic E-state index is 0. The molecule has 2 aromatic carbocycles. The third kappa shape index (κ3) is 5.02. The predicted molar refractivity (Wildman–Crippen MR) is 145 cm³/mol. The molecule has 2 aliphatic carbocycles. The summed E-state index contributed by atoms with van der Waals surface area (Å²) < 4.78 is 1.79. The fraction of sp³-hybridized carbons (Fsp3) is 0.290. The molecule has 3 aromatic rings. The van der Waals surface area contributed by atoms with Crippen molar-refractivity contribution in [2.45, 2.75) is 26.3 Å². The van der Waals surface area contributed by atoms with Crippen molar-refractivity contribution >= 4 is 28.3 Å². The van der Waals surface area contributed by atoms with Crippen LogP contribution < -0.4 is 5.11 Å². The molecule has 5 nitrogen and oxygen atoms in total. The first-order chi connectivity index (χ1) is 17.5. The van der Waals surface area contributed by atoms with Gasteiger partial charge in [0, 0.05) is 37.3 Å². The SMILES string of the molecule is CCN(CC)C(=O)[C@@H]1C=C2c3cccc4c3c(cn4C([O-])=C3C=CC=C3)C[C@H]2N(C)C1.[Fe+2].c1cc[cH-]c1. The van der Waals surface area contributed by atoms with Crippen LogP contribution in [0.1, 0.15) is 25.0 Å². The zero-order valence-corrected chi connectivity index (χ0v) is 22.7. The van der Waals surface area contributed by atoms with E-state index in [-0.39, 0.29) is 40.8 Å². The van der Waals surface area contributed by atoms with Crippen molar-refractivity contribution in [1.82, 2.24) is 14.4 Å². The van der Waals surface area contributed by atoms with Crippen molar-refractivity contribution in [2.75, 3.05) is 26.7 Å². The van der Waals surface area contributed by atoms with Gasteiger partial charge in [0.05, 0.1) is 11.4 Å². The molecule has 2 heterocycles. The molecule has 1 aliphatic heterocycles. The summed E-state index contributed by atoms with van der Waals surface area (Å²) in [5.41, 5.74) is 5.22. The summed E-state index contributed by atoms with van der Waals surface area (Å²) in [5.74, 6) is 0.0610. The van der Waals surface area contributed by atoms with Gasteiger partial charge in [0.2, 0.25) is 5.91 Å². The van der Waals surface area contributed by atoms with E-state index in [0.717, 1.165) is 42.5 Å². The van der Waals surface area contributed by atoms with Gasteiger partial charge in [-0.25, -0.2) is 12.1 Å². The van der Waals surface area contributed by atoms with Crippen molar-refractivity contribution in [3.63, 3.8) is 0 Å². The quantitative estimate of drug-likeness (QED) is 0.282. The van der Waals surface area contributed by atoms with E-state index in [2.05, 4.69) is 24.1 Å². The molecule has 2 atom stereocenters. The maximum Gasteiger partial charge on any atom is 2.00 e. The molecule has 0 bridgehead atoms. The first-order valence-electron chi connectivity index (χ1n) is 12.8. The fourth-order valence-corrected chi connectivity index (χ4v) is 5.63. The monoisotopic (exact) mass is 535 g/mol. The zero-order chi connectivity index (χ0) is 25.2. The summed E-state index contributed by atoms with van der Waals surface area (Å²) in [6, 6.07) is 16.4. The largest absolute Gasteiger partial charge is 2.00 e. The van der Waals surface area contributed by atoms with Gasteiger partial charge in [-0.2, -0.15) is 18.2 Å². The number of benzene rings is 1. The molecule has 1 amide bonds. The molecule has 0 unspecified atom stereocenters. The second-order valence-corrected chi connectivity index (χ2v) is 9.56. The van der Waals surface area contributed by atoms with Crippen LogP contribution in [0.25, 0.3) is 22.4 Å². The first-order valence-corrected chi connectivity index (χ1v) is 12.8. The molecular weight excluding hydrogens is 502 g/mol. The Morgan fingerprint density at radius 3 is 2.43 bits per heavy atom. The van der Waals surface area contributed by atoms with E-state index in [4.69, 9.17) is 0 Å². The minimum Gasteiger partial charge on any atom is -0.859 e. The third-order valence-corrected chi connectivity index (χ3v) is 7.47. The van der Waals surface area contributed by atoms with Gasteiger partial charge in [-0.1, -0.05) is 42.5 Å². The molecule has 0 fully saturated rings. The van der Waals surface area contributed by atoms with Gasteiger partial charge in [0.25, 0.3) is 0 Å². The standard InChI is InChI=1S/C26H29N3O2.C5H5.Fe/c1-4-28(5-2)25(30)19-13-21-20-11-8-12-22-24(20)18(14-23(21)27(3)15-19)16-29(22)26(31)17-9-6-7-10-17;1-2-4-5-3-1;/h6-13,16,19,23,31H,4-5,14-15H2,1-3H3;1-5H;/q;-1;+2/p-1/t19-,23-;;/m1../s1. The molecule has 6 heteroatoms. The summed E-state index contributed by atoms with van der Waals surface area (Å²) in [4.78, 5) is 17.3. The summed E-state index contributed by atoms with van der Waals surface area (Å²) in [6.45, 7) is 6.25. The van der Waals surface area contributed by atoms with E-state index in [1.807, 2.05) is 91.7 Å². The van der Waals surface area contributed by atoms with Crippen molar-refractivity contribution in [3.8, 4) is 0 Å². The first kappa shape index (κ1) is 26.9. The van der Waals surface area contributed by atoms with Crippen molar-refractivity contribution in [3.05, 3.63) is 102 Å². The molecule has 0 spiro atoms. The van der Waals surface area contributed by atoms with Crippen LogP contribution in [0.3, 0.4) is 0 Å². The number of hydrogen-bond acceptors (Lipinski definition) is 3. The molecular formula is C31H33FeN3O2. The number of likely N-dealkylation sites (N-methyl/N-ethyl adjacent to an activating group) is 1. The summed E-state index contributed by atoms with van der Waals surface area (Å²) >= 11 is 0. The van der Waals surface area contributed by atoms with Crippen molar-refractivity contribution in [2.24, 2.45) is 5.92 Å². The number of aromatic nitrogens is 1. The molecule has 0 saturated carbocycles. The average molecular weight is 535 g/mol. The Bertz CT molecular complexity index is 1340. The molecule has 1 aromatic heterocycles. The van der Waals surface area contributed by atoms with Gasteiger partial charge >= 0.3 is 17.1 Å². The van der Waals surface area contributed by atoms with E-state index < -0.39 is 0 Å². The van der Waals surface area contributed by atoms with Crippen LogP contribution >= 0.6 is 0 Å². The van der Waals surface area contributed by atoms with Crippen molar-refractivity contribution in [1.29, 1.82) is 0 Å². The number of allylic oxidation sites excluding steroid dienone is 5. The van der Waals surface area contributed by atoms with Crippen molar-refractivity contribution < 1.29 is 27.0 Å². The Hall–Kier alpha value is -3.18. The summed E-state index contributed by atoms with van der Waals surface area (Å²) in [6.07, 6.45) is 12.6. The fourth-order valence-electron chi connectivity index (χ4n) is 5.63. The average Bonchev–Trinajstić information content (AvgIpc) is 3.69. The minimum atomic E-state index is -0.138. The van der Waals surface area contributed by atoms with Crippen LogP contribution in [-0.4, -0.2) is 53.0 Å². The van der Waals surface area contributed by atoms with Crippen LogP contribution in [0, 0.1) is 5.92 Å². The van der Waals surface area contributed by atoms with Gasteiger partial charge in [-0.05, 0) is 61.5 Å². The molecule has 0 saturated heterocycles. The smallest absolute Gasteiger partial charge is 0.859 e. The van der Waals surface area contributed by atoms with Crippen LogP contribution in [-0.2, 0) is 28.3 Å². The molecule has 3 aliphatic rings. The second kappa shape index (κ2) is 11.5. The number of carbonyl (C=O) groups is 1. The van der Waals surface area contributed by atoms with E-state index >= 15 is 0 Å². The number of rotatable bonds is 4. The van der Waals surface area contributed by atoms with Gasteiger partial charge in [-0.3, -0.25) is 9.69 Å². The second-order valence-electron chi connectivity index (χ2n) is 9.56. The van der Waals surface area contributed by atoms with Crippen LogP contribution in [0.2, 0.25) is 0 Å². The number of carbonyl (C=O) groups excluding carboxylic acids is 1. The Labute approximate surface area is 229 Å². The molecule has 192 valence electrons. The van der Waals surface area contributed by atoms with Gasteiger partial charge in [-0.15, -0.1) is 0 Å². The number of hydrogen-bond donors (Lipinski definition) is 0. The van der Waals surface area contributed by atoms with Gasteiger partial charge in [0.1, 0.15) is 0 Å². The number of nitrogens with zero attached hydrogens (tertiary/aromatic N) is 3. The van der Waals surface area contributed by atoms with E-state index in [0.29, 0.717) is 5.57 Å². The van der Waals surface area contributed by atoms with Gasteiger partial charge < -0.3 is 14.6 Å². The van der Waals surface area contributed by atoms with E-state index in [1.165, 1.54) is 11.1 Å². The Balaban J connectivity index is 0.000000479. The van der Waals surface area contributed by atoms with E-state index in [9.17, 15) is 9.90 Å². The molecule has 0 N–H and O–H groups in total. The van der Waals surface area contributed by atoms with Gasteiger partial charge in [0.15, 0.2) is 0 Å². The topological polar surface area (TPSA) is 51.5 Å². The van der Waals surface area contributed by atoms with Crippen LogP contribution in [0.4, 0.5) is 0 Å². The maximum absolute atomic E-state index is 13.1. The maximum atomic E-state index is 13.1. The zero-order valence-electron chi connectivity index (χ0n) is 21.6. The van der Waals surface area contributed by atoms with Crippen LogP contribution in [0.5, 0.6) is 0 Å². The normalized spacial score (nSPS) is 19.5. The summed E-state index contributed by atoms with van der Waals surface area (Å²) in [7, 11) is 2.11. The Morgan fingerprint density at radius 1 is 1.11 bits per heavy atom. The van der Waals surface area contributed by atoms with Crippen LogP contribution in [0.15, 0.2) is 90.7 Å². The third-order valence-electron chi connectivity index (χ3n) is 7.47. The van der Waals surface area contributed by atoms with E-state index in [1.54, 1.807) is 4.57 Å². The Kier molecular flexibility index (Phi) is 8.33. The predicted octanol–water partition coefficient (Wildman–Crippen LogP) is 4.44. The molecule has 0 radical (unpaired) electrons. The molecule has 37 heavy (non-hydrogen) atoms.